The summed E-state index contributed by atoms with van der Waals surface area (Å²) in [6.07, 6.45) is 3.75. The molecule has 0 amide bonds. The van der Waals surface area contributed by atoms with Gasteiger partial charge in [0.25, 0.3) is 0 Å². The van der Waals surface area contributed by atoms with Crippen molar-refractivity contribution in [2.75, 3.05) is 18.5 Å². The molecule has 0 aliphatic carbocycles. The predicted molar refractivity (Wildman–Crippen MR) is 87.6 cm³/mol. The average Bonchev–Trinajstić information content (AvgIpc) is 2.99. The zero-order valence-electron chi connectivity index (χ0n) is 12.6. The molecule has 0 unspecified atom stereocenters. The van der Waals surface area contributed by atoms with Crippen molar-refractivity contribution in [3.63, 3.8) is 0 Å². The highest BCUT2D eigenvalue weighted by Gasteiger charge is 2.15. The fraction of sp³-hybridized carbons (Fsp3) is 0.294. The number of anilines is 1. The molecule has 0 saturated carbocycles. The molecule has 0 bridgehead atoms. The summed E-state index contributed by atoms with van der Waals surface area (Å²) in [5, 5.41) is 17.8. The molecule has 0 radical (unpaired) electrons. The molecule has 1 fully saturated rings. The summed E-state index contributed by atoms with van der Waals surface area (Å²) in [4.78, 5) is 4.38. The minimum Gasteiger partial charge on any atom is -0.508 e. The van der Waals surface area contributed by atoms with Crippen LogP contribution in [0.2, 0.25) is 0 Å². The normalized spacial score (nSPS) is 15.8. The van der Waals surface area contributed by atoms with Crippen LogP contribution in [0.3, 0.4) is 0 Å². The molecule has 2 aromatic heterocycles. The van der Waals surface area contributed by atoms with Gasteiger partial charge in [-0.05, 0) is 37.1 Å². The second-order valence-corrected chi connectivity index (χ2v) is 5.71. The number of rotatable bonds is 3. The minimum atomic E-state index is 0.230. The fourth-order valence-electron chi connectivity index (χ4n) is 2.86. The highest BCUT2D eigenvalue weighted by Crippen LogP contribution is 2.24. The molecule has 0 spiro atoms. The maximum absolute atomic E-state index is 9.68. The minimum absolute atomic E-state index is 0.230. The summed E-state index contributed by atoms with van der Waals surface area (Å²) < 4.78 is 7.19. The van der Waals surface area contributed by atoms with Crippen LogP contribution in [0.5, 0.6) is 5.75 Å². The molecule has 3 heterocycles. The Labute approximate surface area is 133 Å². The van der Waals surface area contributed by atoms with E-state index >= 15 is 0 Å². The molecule has 4 rings (SSSR count). The van der Waals surface area contributed by atoms with E-state index in [0.717, 1.165) is 48.8 Å². The number of ether oxygens (including phenoxy) is 1. The van der Waals surface area contributed by atoms with Crippen molar-refractivity contribution in [1.29, 1.82) is 0 Å². The molecule has 23 heavy (non-hydrogen) atoms. The molecule has 2 N–H and O–H groups in total. The van der Waals surface area contributed by atoms with E-state index < -0.39 is 0 Å². The van der Waals surface area contributed by atoms with Crippen molar-refractivity contribution < 1.29 is 9.84 Å². The first-order chi connectivity index (χ1) is 11.3. The highest BCUT2D eigenvalue weighted by molar-refractivity contribution is 5.65. The molecule has 1 aromatic carbocycles. The first-order valence-electron chi connectivity index (χ1n) is 7.78. The van der Waals surface area contributed by atoms with Gasteiger partial charge in [0.15, 0.2) is 5.65 Å². The van der Waals surface area contributed by atoms with Crippen LogP contribution in [0.4, 0.5) is 5.82 Å². The Morgan fingerprint density at radius 2 is 2.04 bits per heavy atom. The number of hydrogen-bond acceptors (Lipinski definition) is 5. The maximum atomic E-state index is 9.68. The predicted octanol–water partition coefficient (Wildman–Crippen LogP) is 2.69. The van der Waals surface area contributed by atoms with E-state index in [9.17, 15) is 5.11 Å². The second kappa shape index (κ2) is 5.89. The Kier molecular flexibility index (Phi) is 3.59. The van der Waals surface area contributed by atoms with Gasteiger partial charge >= 0.3 is 0 Å². The Morgan fingerprint density at radius 3 is 2.87 bits per heavy atom. The monoisotopic (exact) mass is 310 g/mol. The summed E-state index contributed by atoms with van der Waals surface area (Å²) in [7, 11) is 0. The summed E-state index contributed by atoms with van der Waals surface area (Å²) in [6, 6.07) is 11.4. The van der Waals surface area contributed by atoms with Crippen molar-refractivity contribution in [3.8, 4) is 17.0 Å². The average molecular weight is 310 g/mol. The highest BCUT2D eigenvalue weighted by atomic mass is 16.5. The third-order valence-corrected chi connectivity index (χ3v) is 4.08. The van der Waals surface area contributed by atoms with E-state index in [-0.39, 0.29) is 5.75 Å². The number of benzene rings is 1. The number of imidazole rings is 1. The number of phenolic OH excluding ortho intramolecular Hbond substituents is 1. The molecule has 1 aliphatic rings. The van der Waals surface area contributed by atoms with Crippen LogP contribution in [-0.4, -0.2) is 39.0 Å². The first kappa shape index (κ1) is 14.0. The van der Waals surface area contributed by atoms with Gasteiger partial charge in [0, 0.05) is 24.8 Å². The SMILES string of the molecule is Oc1cccc(-c2cnc3ccc(NC4CCOCC4)nn23)c1. The van der Waals surface area contributed by atoms with Crippen LogP contribution in [0.1, 0.15) is 12.8 Å². The second-order valence-electron chi connectivity index (χ2n) is 5.71. The summed E-state index contributed by atoms with van der Waals surface area (Å²) in [5.41, 5.74) is 2.51. The van der Waals surface area contributed by atoms with Crippen LogP contribution < -0.4 is 5.32 Å². The van der Waals surface area contributed by atoms with E-state index in [1.807, 2.05) is 24.3 Å². The van der Waals surface area contributed by atoms with Gasteiger partial charge in [0.2, 0.25) is 0 Å². The Balaban J connectivity index is 1.68. The van der Waals surface area contributed by atoms with E-state index in [1.54, 1.807) is 22.8 Å². The summed E-state index contributed by atoms with van der Waals surface area (Å²) in [6.45, 7) is 1.58. The Bertz CT molecular complexity index is 824. The summed E-state index contributed by atoms with van der Waals surface area (Å²) >= 11 is 0. The van der Waals surface area contributed by atoms with Gasteiger partial charge in [-0.2, -0.15) is 0 Å². The fourth-order valence-corrected chi connectivity index (χ4v) is 2.86. The zero-order chi connectivity index (χ0) is 15.6. The van der Waals surface area contributed by atoms with E-state index in [2.05, 4.69) is 15.4 Å². The van der Waals surface area contributed by atoms with Gasteiger partial charge in [-0.1, -0.05) is 12.1 Å². The third-order valence-electron chi connectivity index (χ3n) is 4.08. The van der Waals surface area contributed by atoms with Gasteiger partial charge in [0.1, 0.15) is 11.6 Å². The lowest BCUT2D eigenvalue weighted by atomic mass is 10.1. The Hall–Kier alpha value is -2.60. The molecule has 1 aliphatic heterocycles. The molecular weight excluding hydrogens is 292 g/mol. The lowest BCUT2D eigenvalue weighted by molar-refractivity contribution is 0.0903. The first-order valence-corrected chi connectivity index (χ1v) is 7.78. The molecular formula is C17H18N4O2. The van der Waals surface area contributed by atoms with Crippen molar-refractivity contribution in [2.45, 2.75) is 18.9 Å². The lowest BCUT2D eigenvalue weighted by Crippen LogP contribution is -2.28. The van der Waals surface area contributed by atoms with Gasteiger partial charge in [-0.3, -0.25) is 0 Å². The lowest BCUT2D eigenvalue weighted by Gasteiger charge is -2.23. The molecule has 6 nitrogen and oxygen atoms in total. The van der Waals surface area contributed by atoms with Gasteiger partial charge in [-0.15, -0.1) is 5.10 Å². The van der Waals surface area contributed by atoms with Gasteiger partial charge in [-0.25, -0.2) is 9.50 Å². The topological polar surface area (TPSA) is 71.7 Å². The smallest absolute Gasteiger partial charge is 0.154 e. The number of nitrogens with one attached hydrogen (secondary N) is 1. The van der Waals surface area contributed by atoms with Crippen LogP contribution >= 0.6 is 0 Å². The van der Waals surface area contributed by atoms with Crippen LogP contribution in [0.15, 0.2) is 42.6 Å². The van der Waals surface area contributed by atoms with Crippen LogP contribution in [0.25, 0.3) is 16.9 Å². The molecule has 3 aromatic rings. The standard InChI is InChI=1S/C17H18N4O2/c22-14-3-1-2-12(10-14)15-11-18-17-5-4-16(20-21(15)17)19-13-6-8-23-9-7-13/h1-5,10-11,13,22H,6-9H2,(H,19,20). The molecule has 6 heteroatoms. The quantitative estimate of drug-likeness (QED) is 0.778. The van der Waals surface area contributed by atoms with Crippen molar-refractivity contribution in [3.05, 3.63) is 42.6 Å². The van der Waals surface area contributed by atoms with Crippen LogP contribution in [-0.2, 0) is 4.74 Å². The van der Waals surface area contributed by atoms with Crippen LogP contribution in [0, 0.1) is 0 Å². The maximum Gasteiger partial charge on any atom is 0.154 e. The number of fused-ring (bicyclic) bond motifs is 1. The van der Waals surface area contributed by atoms with Gasteiger partial charge < -0.3 is 15.2 Å². The van der Waals surface area contributed by atoms with Gasteiger partial charge in [0.05, 0.1) is 11.9 Å². The van der Waals surface area contributed by atoms with Crippen molar-refractivity contribution in [2.24, 2.45) is 0 Å². The van der Waals surface area contributed by atoms with E-state index in [1.165, 1.54) is 0 Å². The summed E-state index contributed by atoms with van der Waals surface area (Å²) in [5.74, 6) is 1.05. The largest absolute Gasteiger partial charge is 0.508 e. The van der Waals surface area contributed by atoms with E-state index in [4.69, 9.17) is 4.74 Å². The van der Waals surface area contributed by atoms with Crippen molar-refractivity contribution in [1.82, 2.24) is 14.6 Å². The number of aromatic hydroxyl groups is 1. The molecule has 118 valence electrons. The third kappa shape index (κ3) is 2.85. The number of phenols is 1. The van der Waals surface area contributed by atoms with E-state index in [0.29, 0.717) is 6.04 Å². The molecule has 0 atom stereocenters. The number of aromatic nitrogens is 3. The number of nitrogens with zero attached hydrogens (tertiary/aromatic N) is 3. The zero-order valence-corrected chi connectivity index (χ0v) is 12.6. The number of hydrogen-bond donors (Lipinski definition) is 2. The Morgan fingerprint density at radius 1 is 1.17 bits per heavy atom. The van der Waals surface area contributed by atoms with Crippen molar-refractivity contribution >= 4 is 11.5 Å². The molecule has 1 saturated heterocycles.